The van der Waals surface area contributed by atoms with E-state index in [0.717, 1.165) is 42.2 Å². The summed E-state index contributed by atoms with van der Waals surface area (Å²) < 4.78 is 1.95. The molecule has 20 heavy (non-hydrogen) atoms. The van der Waals surface area contributed by atoms with Crippen LogP contribution in [0.4, 0.5) is 5.69 Å². The molecule has 2 aromatic heterocycles. The third-order valence-electron chi connectivity index (χ3n) is 3.19. The molecule has 0 saturated carbocycles. The first kappa shape index (κ1) is 12.6. The fraction of sp³-hybridized carbons (Fsp3) is 0.267. The van der Waals surface area contributed by atoms with Gasteiger partial charge < -0.3 is 5.32 Å². The molecule has 0 unspecified atom stereocenters. The topological polar surface area (TPSA) is 55.1 Å². The summed E-state index contributed by atoms with van der Waals surface area (Å²) in [4.78, 5) is 4.28. The molecule has 0 radical (unpaired) electrons. The maximum Gasteiger partial charge on any atom is 0.163 e. The first-order valence-electron chi connectivity index (χ1n) is 6.78. The van der Waals surface area contributed by atoms with Crippen molar-refractivity contribution in [2.75, 3.05) is 11.9 Å². The highest BCUT2D eigenvalue weighted by Crippen LogP contribution is 2.08. The molecular formula is C15H17N5. The van der Waals surface area contributed by atoms with E-state index in [2.05, 4.69) is 32.6 Å². The van der Waals surface area contributed by atoms with Crippen molar-refractivity contribution in [1.29, 1.82) is 0 Å². The second-order valence-corrected chi connectivity index (χ2v) is 4.77. The Morgan fingerprint density at radius 3 is 2.85 bits per heavy atom. The number of rotatable bonds is 5. The van der Waals surface area contributed by atoms with E-state index in [1.807, 2.05) is 35.6 Å². The third-order valence-corrected chi connectivity index (χ3v) is 3.19. The fourth-order valence-electron chi connectivity index (χ4n) is 2.14. The van der Waals surface area contributed by atoms with Gasteiger partial charge in [0.1, 0.15) is 12.2 Å². The number of hydrogen-bond donors (Lipinski definition) is 1. The molecule has 0 spiro atoms. The summed E-state index contributed by atoms with van der Waals surface area (Å²) in [7, 11) is 0. The highest BCUT2D eigenvalue weighted by atomic mass is 15.3. The van der Waals surface area contributed by atoms with Crippen LogP contribution in [-0.2, 0) is 6.42 Å². The van der Waals surface area contributed by atoms with Crippen LogP contribution in [0.1, 0.15) is 17.9 Å². The van der Waals surface area contributed by atoms with E-state index in [-0.39, 0.29) is 0 Å². The summed E-state index contributed by atoms with van der Waals surface area (Å²) in [5.74, 6) is 0.961. The van der Waals surface area contributed by atoms with Gasteiger partial charge in [-0.3, -0.25) is 4.40 Å². The second-order valence-electron chi connectivity index (χ2n) is 4.77. The van der Waals surface area contributed by atoms with Gasteiger partial charge in [0.15, 0.2) is 5.65 Å². The van der Waals surface area contributed by atoms with E-state index in [1.54, 1.807) is 6.33 Å². The Balaban J connectivity index is 1.58. The summed E-state index contributed by atoms with van der Waals surface area (Å²) in [6, 6.07) is 12.2. The first-order valence-corrected chi connectivity index (χ1v) is 6.78. The molecule has 5 nitrogen and oxygen atoms in total. The van der Waals surface area contributed by atoms with E-state index in [1.165, 1.54) is 0 Å². The number of aryl methyl sites for hydroxylation is 2. The van der Waals surface area contributed by atoms with E-state index in [9.17, 15) is 0 Å². The van der Waals surface area contributed by atoms with Gasteiger partial charge in [0.2, 0.25) is 0 Å². The van der Waals surface area contributed by atoms with Gasteiger partial charge in [0, 0.05) is 30.4 Å². The smallest absolute Gasteiger partial charge is 0.163 e. The van der Waals surface area contributed by atoms with Gasteiger partial charge in [-0.25, -0.2) is 4.98 Å². The Hall–Kier alpha value is -2.43. The van der Waals surface area contributed by atoms with Gasteiger partial charge in [-0.1, -0.05) is 18.2 Å². The summed E-state index contributed by atoms with van der Waals surface area (Å²) >= 11 is 0. The Kier molecular flexibility index (Phi) is 3.58. The minimum Gasteiger partial charge on any atom is -0.385 e. The maximum atomic E-state index is 4.28. The number of nitrogens with zero attached hydrogens (tertiary/aromatic N) is 4. The number of benzene rings is 1. The molecule has 0 saturated heterocycles. The second kappa shape index (κ2) is 5.69. The monoisotopic (exact) mass is 267 g/mol. The molecular weight excluding hydrogens is 250 g/mol. The van der Waals surface area contributed by atoms with Crippen LogP contribution in [0.25, 0.3) is 5.65 Å². The molecule has 3 rings (SSSR count). The summed E-state index contributed by atoms with van der Waals surface area (Å²) in [6.07, 6.45) is 3.68. The molecule has 0 fully saturated rings. The SMILES string of the molecule is Cc1cc2nnc(CCCNc3ccccc3)n2cn1. The summed E-state index contributed by atoms with van der Waals surface area (Å²) in [6.45, 7) is 2.87. The summed E-state index contributed by atoms with van der Waals surface area (Å²) in [5, 5.41) is 11.8. The average Bonchev–Trinajstić information content (AvgIpc) is 2.87. The predicted octanol–water partition coefficient (Wildman–Crippen LogP) is 2.48. The van der Waals surface area contributed by atoms with Gasteiger partial charge in [0.25, 0.3) is 0 Å². The lowest BCUT2D eigenvalue weighted by Gasteiger charge is -2.05. The largest absolute Gasteiger partial charge is 0.385 e. The Morgan fingerprint density at radius 2 is 2.00 bits per heavy atom. The lowest BCUT2D eigenvalue weighted by Crippen LogP contribution is -2.04. The van der Waals surface area contributed by atoms with Crippen molar-refractivity contribution in [2.24, 2.45) is 0 Å². The van der Waals surface area contributed by atoms with Gasteiger partial charge in [-0.15, -0.1) is 10.2 Å². The van der Waals surface area contributed by atoms with Crippen molar-refractivity contribution < 1.29 is 0 Å². The quantitative estimate of drug-likeness (QED) is 0.722. The minimum atomic E-state index is 0.864. The van der Waals surface area contributed by atoms with Crippen LogP contribution >= 0.6 is 0 Å². The number of anilines is 1. The van der Waals surface area contributed by atoms with E-state index in [0.29, 0.717) is 0 Å². The van der Waals surface area contributed by atoms with Crippen LogP contribution in [-0.4, -0.2) is 26.1 Å². The molecule has 1 N–H and O–H groups in total. The third kappa shape index (κ3) is 2.77. The zero-order valence-corrected chi connectivity index (χ0v) is 11.5. The normalized spacial score (nSPS) is 10.8. The molecule has 0 aliphatic heterocycles. The highest BCUT2D eigenvalue weighted by molar-refractivity contribution is 5.42. The van der Waals surface area contributed by atoms with Crippen molar-refractivity contribution in [3.8, 4) is 0 Å². The molecule has 0 amide bonds. The van der Waals surface area contributed by atoms with Crippen molar-refractivity contribution in [3.05, 3.63) is 54.2 Å². The molecule has 0 aliphatic rings. The standard InChI is InChI=1S/C15H17N5/c1-12-10-15-19-18-14(20(15)11-17-12)8-5-9-16-13-6-3-2-4-7-13/h2-4,6-7,10-11,16H,5,8-9H2,1H3. The van der Waals surface area contributed by atoms with E-state index < -0.39 is 0 Å². The van der Waals surface area contributed by atoms with Crippen molar-refractivity contribution in [3.63, 3.8) is 0 Å². The van der Waals surface area contributed by atoms with Crippen molar-refractivity contribution in [2.45, 2.75) is 19.8 Å². The van der Waals surface area contributed by atoms with Gasteiger partial charge in [-0.05, 0) is 25.5 Å². The van der Waals surface area contributed by atoms with Gasteiger partial charge in [-0.2, -0.15) is 0 Å². The van der Waals surface area contributed by atoms with E-state index >= 15 is 0 Å². The number of para-hydroxylation sites is 1. The molecule has 3 aromatic rings. The van der Waals surface area contributed by atoms with Gasteiger partial charge >= 0.3 is 0 Å². The average molecular weight is 267 g/mol. The first-order chi connectivity index (χ1) is 9.83. The van der Waals surface area contributed by atoms with Crippen LogP contribution < -0.4 is 5.32 Å². The molecule has 5 heteroatoms. The van der Waals surface area contributed by atoms with E-state index in [4.69, 9.17) is 0 Å². The Morgan fingerprint density at radius 1 is 1.15 bits per heavy atom. The summed E-state index contributed by atoms with van der Waals surface area (Å²) in [5.41, 5.74) is 2.97. The fourth-order valence-corrected chi connectivity index (χ4v) is 2.14. The molecule has 102 valence electrons. The molecule has 0 atom stereocenters. The molecule has 0 bridgehead atoms. The molecule has 0 aliphatic carbocycles. The molecule has 1 aromatic carbocycles. The maximum absolute atomic E-state index is 4.28. The number of fused-ring (bicyclic) bond motifs is 1. The molecule has 2 heterocycles. The van der Waals surface area contributed by atoms with Crippen LogP contribution in [0.5, 0.6) is 0 Å². The minimum absolute atomic E-state index is 0.864. The zero-order chi connectivity index (χ0) is 13.8. The van der Waals surface area contributed by atoms with Crippen LogP contribution in [0.2, 0.25) is 0 Å². The number of hydrogen-bond acceptors (Lipinski definition) is 4. The van der Waals surface area contributed by atoms with Crippen molar-refractivity contribution >= 4 is 11.3 Å². The van der Waals surface area contributed by atoms with Crippen molar-refractivity contribution in [1.82, 2.24) is 19.6 Å². The predicted molar refractivity (Wildman–Crippen MR) is 78.8 cm³/mol. The Bertz CT molecular complexity index is 690. The van der Waals surface area contributed by atoms with Crippen LogP contribution in [0, 0.1) is 6.92 Å². The highest BCUT2D eigenvalue weighted by Gasteiger charge is 2.05. The lowest BCUT2D eigenvalue weighted by atomic mass is 10.2. The number of nitrogens with one attached hydrogen (secondary N) is 1. The number of aromatic nitrogens is 4. The van der Waals surface area contributed by atoms with Crippen LogP contribution in [0.3, 0.4) is 0 Å². The zero-order valence-electron chi connectivity index (χ0n) is 11.5. The van der Waals surface area contributed by atoms with Gasteiger partial charge in [0.05, 0.1) is 0 Å². The lowest BCUT2D eigenvalue weighted by molar-refractivity contribution is 0.783. The Labute approximate surface area is 117 Å². The van der Waals surface area contributed by atoms with Crippen LogP contribution in [0.15, 0.2) is 42.7 Å².